The number of nitrogens with two attached hydrogens (primary N) is 1. The van der Waals surface area contributed by atoms with Crippen molar-refractivity contribution < 1.29 is 0 Å². The minimum atomic E-state index is 0.125. The van der Waals surface area contributed by atoms with Gasteiger partial charge in [0.05, 0.1) is 0 Å². The van der Waals surface area contributed by atoms with Gasteiger partial charge in [-0.3, -0.25) is 4.90 Å². The van der Waals surface area contributed by atoms with Crippen molar-refractivity contribution >= 4 is 0 Å². The van der Waals surface area contributed by atoms with Crippen molar-refractivity contribution in [1.29, 1.82) is 0 Å². The SMILES string of the molecule is C#CCCC(N)C(CC)(CC)N(CC)CC. The van der Waals surface area contributed by atoms with Crippen LogP contribution in [0, 0.1) is 12.3 Å². The first kappa shape index (κ1) is 15.5. The van der Waals surface area contributed by atoms with Gasteiger partial charge in [0.15, 0.2) is 0 Å². The van der Waals surface area contributed by atoms with Gasteiger partial charge in [-0.05, 0) is 32.4 Å². The summed E-state index contributed by atoms with van der Waals surface area (Å²) >= 11 is 0. The van der Waals surface area contributed by atoms with Gasteiger partial charge in [0, 0.05) is 18.0 Å². The van der Waals surface area contributed by atoms with E-state index in [0.717, 1.165) is 38.8 Å². The van der Waals surface area contributed by atoms with E-state index >= 15 is 0 Å². The third-order valence-corrected chi connectivity index (χ3v) is 3.91. The van der Waals surface area contributed by atoms with Crippen LogP contribution in [0.4, 0.5) is 0 Å². The molecule has 1 unspecified atom stereocenters. The fourth-order valence-electron chi connectivity index (χ4n) is 2.82. The van der Waals surface area contributed by atoms with Crippen LogP contribution in [0.25, 0.3) is 0 Å². The molecule has 0 amide bonds. The smallest absolute Gasteiger partial charge is 0.0355 e. The van der Waals surface area contributed by atoms with Crippen molar-refractivity contribution in [3.05, 3.63) is 0 Å². The van der Waals surface area contributed by atoms with Crippen LogP contribution in [0.1, 0.15) is 53.4 Å². The van der Waals surface area contributed by atoms with Gasteiger partial charge in [-0.15, -0.1) is 12.3 Å². The molecule has 2 nitrogen and oxygen atoms in total. The van der Waals surface area contributed by atoms with Crippen molar-refractivity contribution in [1.82, 2.24) is 4.90 Å². The molecule has 0 saturated heterocycles. The molecule has 0 aliphatic rings. The van der Waals surface area contributed by atoms with Crippen molar-refractivity contribution in [2.24, 2.45) is 5.73 Å². The molecule has 2 N–H and O–H groups in total. The molecular formula is C14H28N2. The standard InChI is InChI=1S/C14H28N2/c1-6-11-12-13(15)14(7-2,8-3)16(9-4)10-5/h1,13H,7-12,15H2,2-5H3. The summed E-state index contributed by atoms with van der Waals surface area (Å²) < 4.78 is 0. The summed E-state index contributed by atoms with van der Waals surface area (Å²) in [5.41, 5.74) is 6.50. The molecule has 0 saturated carbocycles. The monoisotopic (exact) mass is 224 g/mol. The molecule has 2 heteroatoms. The van der Waals surface area contributed by atoms with Gasteiger partial charge >= 0.3 is 0 Å². The second-order valence-corrected chi connectivity index (χ2v) is 4.33. The number of rotatable bonds is 8. The Morgan fingerprint density at radius 2 is 1.69 bits per heavy atom. The molecule has 16 heavy (non-hydrogen) atoms. The second kappa shape index (κ2) is 7.70. The first-order chi connectivity index (χ1) is 7.62. The van der Waals surface area contributed by atoms with E-state index < -0.39 is 0 Å². The summed E-state index contributed by atoms with van der Waals surface area (Å²) in [5, 5.41) is 0. The quantitative estimate of drug-likeness (QED) is 0.642. The van der Waals surface area contributed by atoms with Crippen LogP contribution in [0.15, 0.2) is 0 Å². The molecule has 0 aromatic carbocycles. The lowest BCUT2D eigenvalue weighted by Crippen LogP contribution is -2.59. The summed E-state index contributed by atoms with van der Waals surface area (Å²) in [6.07, 6.45) is 9.22. The number of nitrogens with zero attached hydrogens (tertiary/aromatic N) is 1. The second-order valence-electron chi connectivity index (χ2n) is 4.33. The Bertz CT molecular complexity index is 209. The number of hydrogen-bond acceptors (Lipinski definition) is 2. The fourth-order valence-corrected chi connectivity index (χ4v) is 2.82. The number of hydrogen-bond donors (Lipinski definition) is 1. The van der Waals surface area contributed by atoms with Gasteiger partial charge < -0.3 is 5.73 Å². The van der Waals surface area contributed by atoms with Crippen LogP contribution < -0.4 is 5.73 Å². The van der Waals surface area contributed by atoms with E-state index in [1.54, 1.807) is 0 Å². The predicted molar refractivity (Wildman–Crippen MR) is 72.3 cm³/mol. The molecule has 1 atom stereocenters. The Kier molecular flexibility index (Phi) is 7.45. The van der Waals surface area contributed by atoms with Crippen molar-refractivity contribution in [3.8, 4) is 12.3 Å². The highest BCUT2D eigenvalue weighted by Crippen LogP contribution is 2.28. The largest absolute Gasteiger partial charge is 0.326 e. The molecule has 0 rings (SSSR count). The molecule has 0 aliphatic carbocycles. The number of likely N-dealkylation sites (N-methyl/N-ethyl adjacent to an activating group) is 1. The zero-order valence-electron chi connectivity index (χ0n) is 11.4. The molecule has 0 aliphatic heterocycles. The highest BCUT2D eigenvalue weighted by Gasteiger charge is 2.37. The Balaban J connectivity index is 4.84. The number of terminal acetylenes is 1. The van der Waals surface area contributed by atoms with E-state index in [-0.39, 0.29) is 11.6 Å². The van der Waals surface area contributed by atoms with E-state index in [2.05, 4.69) is 38.5 Å². The third kappa shape index (κ3) is 3.23. The maximum absolute atomic E-state index is 6.37. The normalized spacial score (nSPS) is 13.8. The molecule has 0 aromatic rings. The van der Waals surface area contributed by atoms with E-state index in [1.165, 1.54) is 0 Å². The van der Waals surface area contributed by atoms with Gasteiger partial charge in [0.1, 0.15) is 0 Å². The molecular weight excluding hydrogens is 196 g/mol. The highest BCUT2D eigenvalue weighted by molar-refractivity contribution is 4.99. The zero-order chi connectivity index (χ0) is 12.6. The summed E-state index contributed by atoms with van der Waals surface area (Å²) in [6.45, 7) is 11.0. The minimum absolute atomic E-state index is 0.125. The average Bonchev–Trinajstić information content (AvgIpc) is 2.33. The Morgan fingerprint density at radius 3 is 2.00 bits per heavy atom. The van der Waals surface area contributed by atoms with Gasteiger partial charge in [-0.25, -0.2) is 0 Å². The lowest BCUT2D eigenvalue weighted by atomic mass is 9.81. The van der Waals surface area contributed by atoms with Crippen LogP contribution in [-0.4, -0.2) is 29.6 Å². The lowest BCUT2D eigenvalue weighted by Gasteiger charge is -2.46. The van der Waals surface area contributed by atoms with Crippen LogP contribution in [0.5, 0.6) is 0 Å². The molecule has 0 fully saturated rings. The average molecular weight is 224 g/mol. The van der Waals surface area contributed by atoms with Crippen LogP contribution >= 0.6 is 0 Å². The fraction of sp³-hybridized carbons (Fsp3) is 0.857. The molecule has 0 radical (unpaired) electrons. The first-order valence-corrected chi connectivity index (χ1v) is 6.56. The molecule has 0 spiro atoms. The third-order valence-electron chi connectivity index (χ3n) is 3.91. The first-order valence-electron chi connectivity index (χ1n) is 6.56. The van der Waals surface area contributed by atoms with Crippen molar-refractivity contribution in [3.63, 3.8) is 0 Å². The lowest BCUT2D eigenvalue weighted by molar-refractivity contribution is 0.0605. The van der Waals surface area contributed by atoms with Crippen molar-refractivity contribution in [2.75, 3.05) is 13.1 Å². The topological polar surface area (TPSA) is 29.3 Å². The summed E-state index contributed by atoms with van der Waals surface area (Å²) in [7, 11) is 0. The van der Waals surface area contributed by atoms with E-state index in [4.69, 9.17) is 12.2 Å². The summed E-state index contributed by atoms with van der Waals surface area (Å²) in [5.74, 6) is 2.70. The summed E-state index contributed by atoms with van der Waals surface area (Å²) in [4.78, 5) is 2.49. The van der Waals surface area contributed by atoms with Gasteiger partial charge in [0.25, 0.3) is 0 Å². The molecule has 94 valence electrons. The van der Waals surface area contributed by atoms with E-state index in [1.807, 2.05) is 0 Å². The Labute approximate surface area is 102 Å². The van der Waals surface area contributed by atoms with Crippen LogP contribution in [0.3, 0.4) is 0 Å². The van der Waals surface area contributed by atoms with E-state index in [0.29, 0.717) is 0 Å². The van der Waals surface area contributed by atoms with Crippen LogP contribution in [-0.2, 0) is 0 Å². The zero-order valence-corrected chi connectivity index (χ0v) is 11.4. The maximum atomic E-state index is 6.37. The van der Waals surface area contributed by atoms with Crippen molar-refractivity contribution in [2.45, 2.75) is 65.0 Å². The Morgan fingerprint density at radius 1 is 1.19 bits per heavy atom. The molecule has 0 bridgehead atoms. The predicted octanol–water partition coefficient (Wildman–Crippen LogP) is 2.63. The van der Waals surface area contributed by atoms with E-state index in [9.17, 15) is 0 Å². The summed E-state index contributed by atoms with van der Waals surface area (Å²) in [6, 6.07) is 0.179. The minimum Gasteiger partial charge on any atom is -0.326 e. The Hall–Kier alpha value is -0.520. The molecule has 0 heterocycles. The van der Waals surface area contributed by atoms with Gasteiger partial charge in [-0.2, -0.15) is 0 Å². The van der Waals surface area contributed by atoms with Crippen LogP contribution in [0.2, 0.25) is 0 Å². The highest BCUT2D eigenvalue weighted by atomic mass is 15.2. The van der Waals surface area contributed by atoms with Gasteiger partial charge in [0.2, 0.25) is 0 Å². The maximum Gasteiger partial charge on any atom is 0.0355 e. The molecule has 0 aromatic heterocycles. The van der Waals surface area contributed by atoms with Gasteiger partial charge in [-0.1, -0.05) is 27.7 Å².